The van der Waals surface area contributed by atoms with E-state index in [0.717, 1.165) is 39.0 Å². The van der Waals surface area contributed by atoms with E-state index in [0.29, 0.717) is 0 Å². The summed E-state index contributed by atoms with van der Waals surface area (Å²) in [7, 11) is 0. The molecule has 0 saturated carbocycles. The molecule has 11 rings (SSSR count). The molecule has 0 fully saturated rings. The summed E-state index contributed by atoms with van der Waals surface area (Å²) < 4.78 is 6.63. The van der Waals surface area contributed by atoms with Crippen molar-refractivity contribution in [3.63, 3.8) is 0 Å². The zero-order valence-corrected chi connectivity index (χ0v) is 31.9. The Morgan fingerprint density at radius 3 is 1.74 bits per heavy atom. The van der Waals surface area contributed by atoms with Gasteiger partial charge in [-0.1, -0.05) is 172 Å². The quantitative estimate of drug-likeness (QED) is 0.169. The molecule has 10 aromatic rings. The van der Waals surface area contributed by atoms with Crippen LogP contribution >= 0.6 is 0 Å². The highest BCUT2D eigenvalue weighted by atomic mass is 16.3. The maximum Gasteiger partial charge on any atom is 0.159 e. The second-order valence-corrected chi connectivity index (χ2v) is 15.7. The number of hydrogen-bond acceptors (Lipinski definition) is 2. The first-order chi connectivity index (χ1) is 28.0. The predicted octanol–water partition coefficient (Wildman–Crippen LogP) is 15.5. The first-order valence-electron chi connectivity index (χ1n) is 19.8. The fraction of sp³-hybridized carbons (Fsp3) is 0.0545. The van der Waals surface area contributed by atoms with Gasteiger partial charge in [-0.2, -0.15) is 0 Å². The van der Waals surface area contributed by atoms with E-state index in [2.05, 4.69) is 213 Å². The van der Waals surface area contributed by atoms with E-state index in [9.17, 15) is 0 Å². The molecule has 9 aromatic carbocycles. The summed E-state index contributed by atoms with van der Waals surface area (Å²) in [5.74, 6) is 0. The Morgan fingerprint density at radius 2 is 1.00 bits per heavy atom. The van der Waals surface area contributed by atoms with Crippen LogP contribution in [0.5, 0.6) is 0 Å². The molecule has 1 heterocycles. The van der Waals surface area contributed by atoms with E-state index >= 15 is 0 Å². The fourth-order valence-corrected chi connectivity index (χ4v) is 9.21. The second-order valence-electron chi connectivity index (χ2n) is 15.7. The molecule has 0 unspecified atom stereocenters. The van der Waals surface area contributed by atoms with E-state index in [1.54, 1.807) is 0 Å². The molecule has 0 N–H and O–H groups in total. The number of nitrogens with zero attached hydrogens (tertiary/aromatic N) is 1. The van der Waals surface area contributed by atoms with Crippen molar-refractivity contribution in [3.05, 3.63) is 211 Å². The molecule has 57 heavy (non-hydrogen) atoms. The Morgan fingerprint density at radius 1 is 0.421 bits per heavy atom. The summed E-state index contributed by atoms with van der Waals surface area (Å²) in [6.45, 7) is 4.76. The average Bonchev–Trinajstić information content (AvgIpc) is 3.66. The SMILES string of the molecule is CC1(C)c2cc(-c3ccccc3)ccc2-c2c(-c3ccc(N(c4ccc(-c5ccccc5)cc4)c4cccc5c4oc4ccccc45)cc3)ccc3cccc1c23. The van der Waals surface area contributed by atoms with Crippen molar-refractivity contribution in [1.82, 2.24) is 0 Å². The summed E-state index contributed by atoms with van der Waals surface area (Å²) in [5, 5.41) is 4.85. The first kappa shape index (κ1) is 33.2. The number of para-hydroxylation sites is 2. The monoisotopic (exact) mass is 729 g/mol. The van der Waals surface area contributed by atoms with Gasteiger partial charge >= 0.3 is 0 Å². The van der Waals surface area contributed by atoms with Crippen molar-refractivity contribution in [2.75, 3.05) is 4.90 Å². The van der Waals surface area contributed by atoms with Gasteiger partial charge in [-0.3, -0.25) is 0 Å². The molecule has 2 heteroatoms. The van der Waals surface area contributed by atoms with E-state index in [4.69, 9.17) is 4.42 Å². The fourth-order valence-electron chi connectivity index (χ4n) is 9.21. The zero-order chi connectivity index (χ0) is 38.1. The smallest absolute Gasteiger partial charge is 0.159 e. The van der Waals surface area contributed by atoms with Crippen molar-refractivity contribution >= 4 is 49.8 Å². The molecule has 1 aliphatic rings. The summed E-state index contributed by atoms with van der Waals surface area (Å²) >= 11 is 0. The van der Waals surface area contributed by atoms with Gasteiger partial charge in [-0.25, -0.2) is 0 Å². The average molecular weight is 730 g/mol. The van der Waals surface area contributed by atoms with Gasteiger partial charge in [-0.15, -0.1) is 0 Å². The van der Waals surface area contributed by atoms with Crippen LogP contribution in [0.25, 0.3) is 77.2 Å². The lowest BCUT2D eigenvalue weighted by Crippen LogP contribution is -2.24. The topological polar surface area (TPSA) is 16.4 Å². The first-order valence-corrected chi connectivity index (χ1v) is 19.8. The molecular weight excluding hydrogens is 691 g/mol. The van der Waals surface area contributed by atoms with Gasteiger partial charge in [0.05, 0.1) is 5.69 Å². The van der Waals surface area contributed by atoms with Crippen LogP contribution in [0.1, 0.15) is 25.0 Å². The third-order valence-corrected chi connectivity index (χ3v) is 12.1. The van der Waals surface area contributed by atoms with Gasteiger partial charge in [0, 0.05) is 27.6 Å². The molecule has 2 nitrogen and oxygen atoms in total. The molecular formula is C55H39NO. The number of rotatable bonds is 6. The van der Waals surface area contributed by atoms with Crippen molar-refractivity contribution in [2.45, 2.75) is 19.3 Å². The predicted molar refractivity (Wildman–Crippen MR) is 240 cm³/mol. The minimum absolute atomic E-state index is 0.163. The third-order valence-electron chi connectivity index (χ3n) is 12.1. The van der Waals surface area contributed by atoms with Crippen LogP contribution < -0.4 is 4.90 Å². The molecule has 1 aromatic heterocycles. The van der Waals surface area contributed by atoms with Crippen molar-refractivity contribution < 1.29 is 4.42 Å². The summed E-state index contributed by atoms with van der Waals surface area (Å²) in [6.07, 6.45) is 0. The molecule has 0 saturated heterocycles. The van der Waals surface area contributed by atoms with Crippen LogP contribution in [0.2, 0.25) is 0 Å². The summed E-state index contributed by atoms with van der Waals surface area (Å²) in [5.41, 5.74) is 17.3. The Balaban J connectivity index is 1.07. The Labute approximate surface area is 332 Å². The highest BCUT2D eigenvalue weighted by Crippen LogP contribution is 2.53. The van der Waals surface area contributed by atoms with E-state index in [1.165, 1.54) is 66.4 Å². The lowest BCUT2D eigenvalue weighted by atomic mass is 9.67. The molecule has 0 atom stereocenters. The van der Waals surface area contributed by atoms with Crippen LogP contribution in [0.3, 0.4) is 0 Å². The molecule has 0 amide bonds. The van der Waals surface area contributed by atoms with Crippen LogP contribution in [0, 0.1) is 0 Å². The van der Waals surface area contributed by atoms with Gasteiger partial charge in [0.2, 0.25) is 0 Å². The lowest BCUT2D eigenvalue weighted by Gasteiger charge is -2.36. The maximum absolute atomic E-state index is 6.63. The van der Waals surface area contributed by atoms with Crippen molar-refractivity contribution in [1.29, 1.82) is 0 Å². The molecule has 1 aliphatic carbocycles. The van der Waals surface area contributed by atoms with E-state index in [-0.39, 0.29) is 5.41 Å². The number of hydrogen-bond donors (Lipinski definition) is 0. The Bertz CT molecular complexity index is 3120. The molecule has 0 aliphatic heterocycles. The van der Waals surface area contributed by atoms with Gasteiger partial charge in [0.25, 0.3) is 0 Å². The Kier molecular flexibility index (Phi) is 7.55. The van der Waals surface area contributed by atoms with Gasteiger partial charge in [0.15, 0.2) is 5.58 Å². The van der Waals surface area contributed by atoms with E-state index < -0.39 is 0 Å². The van der Waals surface area contributed by atoms with Gasteiger partial charge in [0.1, 0.15) is 5.58 Å². The standard InChI is InChI=1S/C55H39NO/c1-55(2)48-20-11-17-40-27-33-44(53(52(40)48)47-34-28-41(35-49(47)55)37-15-7-4-8-16-37)39-25-31-43(32-26-39)56(42-29-23-38(24-30-42)36-13-5-3-6-14-36)50-21-12-19-46-45-18-9-10-22-51(45)57-54(46)50/h3-35H,1-2H3. The second kappa shape index (κ2) is 13.0. The number of furan rings is 1. The largest absolute Gasteiger partial charge is 0.454 e. The molecule has 0 spiro atoms. The highest BCUT2D eigenvalue weighted by Gasteiger charge is 2.35. The van der Waals surface area contributed by atoms with Gasteiger partial charge in [-0.05, 0) is 109 Å². The minimum Gasteiger partial charge on any atom is -0.454 e. The van der Waals surface area contributed by atoms with Crippen LogP contribution in [0.15, 0.2) is 205 Å². The lowest BCUT2D eigenvalue weighted by molar-refractivity contribution is 0.645. The van der Waals surface area contributed by atoms with Crippen molar-refractivity contribution in [3.8, 4) is 44.5 Å². The normalized spacial score (nSPS) is 12.9. The van der Waals surface area contributed by atoms with Crippen LogP contribution in [-0.4, -0.2) is 0 Å². The third kappa shape index (κ3) is 5.33. The number of benzene rings is 9. The number of anilines is 3. The highest BCUT2D eigenvalue weighted by molar-refractivity contribution is 6.11. The molecule has 0 radical (unpaired) electrons. The minimum atomic E-state index is -0.163. The summed E-state index contributed by atoms with van der Waals surface area (Å²) in [6, 6.07) is 72.5. The summed E-state index contributed by atoms with van der Waals surface area (Å²) in [4.78, 5) is 2.33. The van der Waals surface area contributed by atoms with E-state index in [1.807, 2.05) is 6.07 Å². The maximum atomic E-state index is 6.63. The molecule has 270 valence electrons. The van der Waals surface area contributed by atoms with Crippen LogP contribution in [0.4, 0.5) is 17.1 Å². The van der Waals surface area contributed by atoms with Crippen molar-refractivity contribution in [2.24, 2.45) is 0 Å². The van der Waals surface area contributed by atoms with Crippen LogP contribution in [-0.2, 0) is 5.41 Å². The van der Waals surface area contributed by atoms with Gasteiger partial charge < -0.3 is 9.32 Å². The Hall–Kier alpha value is -7.16. The molecule has 0 bridgehead atoms. The zero-order valence-electron chi connectivity index (χ0n) is 31.9. The number of fused-ring (bicyclic) bond motifs is 5.